The molecule has 1 saturated heterocycles. The average Bonchev–Trinajstić information content (AvgIpc) is 2.66. The Morgan fingerprint density at radius 2 is 1.67 bits per heavy atom. The number of nitrogens with one attached hydrogen (secondary N) is 1. The van der Waals surface area contributed by atoms with E-state index in [2.05, 4.69) is 5.32 Å². The summed E-state index contributed by atoms with van der Waals surface area (Å²) in [6, 6.07) is 13.8. The van der Waals surface area contributed by atoms with Gasteiger partial charge in [-0.15, -0.1) is 0 Å². The van der Waals surface area contributed by atoms with Crippen molar-refractivity contribution in [3.63, 3.8) is 0 Å². The first kappa shape index (κ1) is 19.5. The van der Waals surface area contributed by atoms with E-state index < -0.39 is 0 Å². The molecule has 2 aromatic rings. The number of rotatable bonds is 4. The van der Waals surface area contributed by atoms with Gasteiger partial charge in [-0.2, -0.15) is 0 Å². The van der Waals surface area contributed by atoms with Gasteiger partial charge in [-0.3, -0.25) is 4.79 Å². The summed E-state index contributed by atoms with van der Waals surface area (Å²) >= 11 is 11.9. The second-order valence-corrected chi connectivity index (χ2v) is 7.35. The van der Waals surface area contributed by atoms with Crippen LogP contribution in [0.15, 0.2) is 48.5 Å². The molecule has 5 nitrogen and oxygen atoms in total. The summed E-state index contributed by atoms with van der Waals surface area (Å²) < 4.78 is 5.36. The lowest BCUT2D eigenvalue weighted by molar-refractivity contribution is 0.0931. The summed E-state index contributed by atoms with van der Waals surface area (Å²) in [6.45, 7) is 1.76. The molecule has 2 amide bonds. The number of likely N-dealkylation sites (tertiary alicyclic amines) is 1. The molecular weight excluding hydrogens is 387 g/mol. The highest BCUT2D eigenvalue weighted by molar-refractivity contribution is 6.35. The molecular formula is C20H20Cl2N2O3. The number of hydrogen-bond donors (Lipinski definition) is 1. The van der Waals surface area contributed by atoms with Gasteiger partial charge in [0.2, 0.25) is 0 Å². The Hall–Kier alpha value is -2.24. The van der Waals surface area contributed by atoms with Gasteiger partial charge in [-0.05, 0) is 49.1 Å². The fourth-order valence-electron chi connectivity index (χ4n) is 3.00. The first-order valence-electron chi connectivity index (χ1n) is 8.77. The van der Waals surface area contributed by atoms with Crippen LogP contribution in [0.4, 0.5) is 4.79 Å². The van der Waals surface area contributed by atoms with E-state index >= 15 is 0 Å². The summed E-state index contributed by atoms with van der Waals surface area (Å²) in [5.41, 5.74) is 0.441. The van der Waals surface area contributed by atoms with Crippen LogP contribution in [-0.4, -0.2) is 36.5 Å². The molecule has 0 aromatic heterocycles. The van der Waals surface area contributed by atoms with Crippen LogP contribution in [0.3, 0.4) is 0 Å². The molecule has 1 fully saturated rings. The van der Waals surface area contributed by atoms with Crippen LogP contribution in [-0.2, 0) is 0 Å². The SMILES string of the molecule is O=C(NCC1CCN(C(=O)Oc2ccccc2)CC1)c1cc(Cl)cc(Cl)c1. The van der Waals surface area contributed by atoms with Gasteiger partial charge in [0.15, 0.2) is 0 Å². The normalized spacial score (nSPS) is 14.7. The number of para-hydroxylation sites is 1. The van der Waals surface area contributed by atoms with Crippen molar-refractivity contribution in [2.75, 3.05) is 19.6 Å². The van der Waals surface area contributed by atoms with Gasteiger partial charge >= 0.3 is 6.09 Å². The van der Waals surface area contributed by atoms with Crippen LogP contribution in [0.2, 0.25) is 10.0 Å². The zero-order valence-electron chi connectivity index (χ0n) is 14.7. The molecule has 142 valence electrons. The number of halogens is 2. The molecule has 0 atom stereocenters. The van der Waals surface area contributed by atoms with Crippen LogP contribution in [0.1, 0.15) is 23.2 Å². The Balaban J connectivity index is 1.44. The van der Waals surface area contributed by atoms with Crippen molar-refractivity contribution in [2.45, 2.75) is 12.8 Å². The zero-order valence-corrected chi connectivity index (χ0v) is 16.2. The minimum absolute atomic E-state index is 0.203. The molecule has 1 heterocycles. The minimum Gasteiger partial charge on any atom is -0.410 e. The van der Waals surface area contributed by atoms with E-state index in [1.807, 2.05) is 18.2 Å². The minimum atomic E-state index is -0.336. The second kappa shape index (κ2) is 9.11. The summed E-state index contributed by atoms with van der Waals surface area (Å²) in [6.07, 6.45) is 1.28. The van der Waals surface area contributed by atoms with Crippen molar-refractivity contribution in [1.82, 2.24) is 10.2 Å². The lowest BCUT2D eigenvalue weighted by Gasteiger charge is -2.31. The highest BCUT2D eigenvalue weighted by atomic mass is 35.5. The molecule has 0 spiro atoms. The molecule has 0 aliphatic carbocycles. The number of amides is 2. The molecule has 0 radical (unpaired) electrons. The molecule has 1 aliphatic heterocycles. The van der Waals surface area contributed by atoms with E-state index in [0.717, 1.165) is 12.8 Å². The number of carbonyl (C=O) groups is 2. The molecule has 0 saturated carbocycles. The first-order chi connectivity index (χ1) is 13.0. The third-order valence-corrected chi connectivity index (χ3v) is 4.93. The van der Waals surface area contributed by atoms with Crippen molar-refractivity contribution in [3.05, 3.63) is 64.1 Å². The highest BCUT2D eigenvalue weighted by Gasteiger charge is 2.24. The Morgan fingerprint density at radius 3 is 2.30 bits per heavy atom. The molecule has 7 heteroatoms. The van der Waals surface area contributed by atoms with Crippen molar-refractivity contribution in [3.8, 4) is 5.75 Å². The fraction of sp³-hybridized carbons (Fsp3) is 0.300. The van der Waals surface area contributed by atoms with Crippen molar-refractivity contribution in [2.24, 2.45) is 5.92 Å². The van der Waals surface area contributed by atoms with Crippen molar-refractivity contribution in [1.29, 1.82) is 0 Å². The van der Waals surface area contributed by atoms with Crippen LogP contribution < -0.4 is 10.1 Å². The maximum Gasteiger partial charge on any atom is 0.415 e. The van der Waals surface area contributed by atoms with E-state index in [1.165, 1.54) is 0 Å². The second-order valence-electron chi connectivity index (χ2n) is 6.48. The Labute approximate surface area is 168 Å². The Bertz CT molecular complexity index is 786. The van der Waals surface area contributed by atoms with E-state index in [9.17, 15) is 9.59 Å². The van der Waals surface area contributed by atoms with Crippen LogP contribution >= 0.6 is 23.2 Å². The largest absolute Gasteiger partial charge is 0.415 e. The maximum absolute atomic E-state index is 12.3. The lowest BCUT2D eigenvalue weighted by atomic mass is 9.97. The Kier molecular flexibility index (Phi) is 6.58. The number of hydrogen-bond acceptors (Lipinski definition) is 3. The molecule has 0 unspecified atom stereocenters. The number of ether oxygens (including phenoxy) is 1. The predicted molar refractivity (Wildman–Crippen MR) is 106 cm³/mol. The van der Waals surface area contributed by atoms with Gasteiger partial charge in [-0.1, -0.05) is 41.4 Å². The third kappa shape index (κ3) is 5.62. The van der Waals surface area contributed by atoms with Gasteiger partial charge in [0.05, 0.1) is 0 Å². The van der Waals surface area contributed by atoms with E-state index in [0.29, 0.717) is 46.9 Å². The number of benzene rings is 2. The maximum atomic E-state index is 12.3. The Morgan fingerprint density at radius 1 is 1.04 bits per heavy atom. The zero-order chi connectivity index (χ0) is 19.2. The standard InChI is InChI=1S/C20H20Cl2N2O3/c21-16-10-15(11-17(22)12-16)19(25)23-13-14-6-8-24(9-7-14)20(26)27-18-4-2-1-3-5-18/h1-5,10-12,14H,6-9,13H2,(H,23,25). The van der Waals surface area contributed by atoms with E-state index in [1.54, 1.807) is 35.2 Å². The van der Waals surface area contributed by atoms with Gasteiger partial charge in [0.25, 0.3) is 5.91 Å². The summed E-state index contributed by atoms with van der Waals surface area (Å²) in [5.74, 6) is 0.645. The monoisotopic (exact) mass is 406 g/mol. The van der Waals surface area contributed by atoms with Crippen LogP contribution in [0.25, 0.3) is 0 Å². The summed E-state index contributed by atoms with van der Waals surface area (Å²) in [5, 5.41) is 3.77. The van der Waals surface area contributed by atoms with Gasteiger partial charge in [-0.25, -0.2) is 4.79 Å². The van der Waals surface area contributed by atoms with Crippen molar-refractivity contribution < 1.29 is 14.3 Å². The lowest BCUT2D eigenvalue weighted by Crippen LogP contribution is -2.42. The molecule has 3 rings (SSSR count). The first-order valence-corrected chi connectivity index (χ1v) is 9.53. The van der Waals surface area contributed by atoms with Crippen LogP contribution in [0, 0.1) is 5.92 Å². The third-order valence-electron chi connectivity index (χ3n) is 4.50. The summed E-state index contributed by atoms with van der Waals surface area (Å²) in [7, 11) is 0. The molecule has 27 heavy (non-hydrogen) atoms. The molecule has 1 aliphatic rings. The highest BCUT2D eigenvalue weighted by Crippen LogP contribution is 2.21. The topological polar surface area (TPSA) is 58.6 Å². The van der Waals surface area contributed by atoms with Gasteiger partial charge < -0.3 is 15.0 Å². The van der Waals surface area contributed by atoms with Crippen LogP contribution in [0.5, 0.6) is 5.75 Å². The average molecular weight is 407 g/mol. The van der Waals surface area contributed by atoms with E-state index in [4.69, 9.17) is 27.9 Å². The molecule has 2 aromatic carbocycles. The van der Waals surface area contributed by atoms with Gasteiger partial charge in [0.1, 0.15) is 5.75 Å². The number of carbonyl (C=O) groups excluding carboxylic acids is 2. The van der Waals surface area contributed by atoms with E-state index in [-0.39, 0.29) is 12.0 Å². The quantitative estimate of drug-likeness (QED) is 0.804. The number of piperidine rings is 1. The van der Waals surface area contributed by atoms with Gasteiger partial charge in [0, 0.05) is 35.2 Å². The smallest absolute Gasteiger partial charge is 0.410 e. The summed E-state index contributed by atoms with van der Waals surface area (Å²) in [4.78, 5) is 26.1. The fourth-order valence-corrected chi connectivity index (χ4v) is 3.52. The van der Waals surface area contributed by atoms with Crippen molar-refractivity contribution >= 4 is 35.2 Å². The molecule has 0 bridgehead atoms. The predicted octanol–water partition coefficient (Wildman–Crippen LogP) is 4.63. The number of nitrogens with zero attached hydrogens (tertiary/aromatic N) is 1. The molecule has 1 N–H and O–H groups in total.